The van der Waals surface area contributed by atoms with Gasteiger partial charge in [-0.05, 0) is 63.5 Å². The van der Waals surface area contributed by atoms with Gasteiger partial charge in [0.15, 0.2) is 6.10 Å². The molecule has 2 aromatic rings. The third kappa shape index (κ3) is 4.25. The molecule has 0 saturated carbocycles. The van der Waals surface area contributed by atoms with Crippen molar-refractivity contribution in [3.8, 4) is 5.75 Å². The van der Waals surface area contributed by atoms with Crippen molar-refractivity contribution in [1.29, 1.82) is 0 Å². The van der Waals surface area contributed by atoms with E-state index < -0.39 is 11.9 Å². The highest BCUT2D eigenvalue weighted by Crippen LogP contribution is 2.36. The lowest BCUT2D eigenvalue weighted by molar-refractivity contribution is -0.125. The number of fused-ring (bicyclic) bond motifs is 1. The second-order valence-corrected chi connectivity index (χ2v) is 6.70. The maximum absolute atomic E-state index is 13.0. The molecule has 3 rings (SSSR count). The van der Waals surface area contributed by atoms with Gasteiger partial charge < -0.3 is 19.9 Å². The molecular formula is C20H22FN3O3. The molecule has 2 amide bonds. The van der Waals surface area contributed by atoms with Crippen molar-refractivity contribution >= 4 is 23.2 Å². The highest BCUT2D eigenvalue weighted by atomic mass is 19.1. The number of nitrogens with zero attached hydrogens (tertiary/aromatic N) is 2. The molecule has 2 aromatic carbocycles. The average molecular weight is 371 g/mol. The van der Waals surface area contributed by atoms with Gasteiger partial charge in [-0.25, -0.2) is 4.39 Å². The van der Waals surface area contributed by atoms with Crippen LogP contribution in [-0.4, -0.2) is 50.0 Å². The van der Waals surface area contributed by atoms with Crippen molar-refractivity contribution in [3.63, 3.8) is 0 Å². The molecule has 1 heterocycles. The van der Waals surface area contributed by atoms with Crippen LogP contribution in [0, 0.1) is 5.82 Å². The molecule has 6 nitrogen and oxygen atoms in total. The van der Waals surface area contributed by atoms with Gasteiger partial charge in [0.05, 0.1) is 5.69 Å². The Morgan fingerprint density at radius 2 is 1.93 bits per heavy atom. The van der Waals surface area contributed by atoms with Gasteiger partial charge in [-0.1, -0.05) is 0 Å². The normalized spacial score (nSPS) is 16.1. The summed E-state index contributed by atoms with van der Waals surface area (Å²) in [7, 11) is 3.88. The zero-order valence-electron chi connectivity index (χ0n) is 15.5. The zero-order chi connectivity index (χ0) is 19.6. The van der Waals surface area contributed by atoms with Crippen molar-refractivity contribution in [2.75, 3.05) is 37.4 Å². The Kier molecular flexibility index (Phi) is 5.41. The van der Waals surface area contributed by atoms with Crippen molar-refractivity contribution in [3.05, 3.63) is 53.8 Å². The minimum absolute atomic E-state index is 0.119. The first-order valence-corrected chi connectivity index (χ1v) is 8.69. The summed E-state index contributed by atoms with van der Waals surface area (Å²) in [6, 6.07) is 10.5. The van der Waals surface area contributed by atoms with Crippen LogP contribution in [0.25, 0.3) is 0 Å². The van der Waals surface area contributed by atoms with Crippen molar-refractivity contribution in [2.24, 2.45) is 0 Å². The number of benzene rings is 2. The van der Waals surface area contributed by atoms with Gasteiger partial charge in [0, 0.05) is 24.3 Å². The Bertz CT molecular complexity index is 852. The third-order valence-corrected chi connectivity index (χ3v) is 4.30. The van der Waals surface area contributed by atoms with Crippen LogP contribution in [0.3, 0.4) is 0 Å². The monoisotopic (exact) mass is 371 g/mol. The number of carbonyl (C=O) groups is 2. The van der Waals surface area contributed by atoms with Crippen LogP contribution in [0.4, 0.5) is 15.8 Å². The summed E-state index contributed by atoms with van der Waals surface area (Å²) in [6.07, 6.45) is -0.556. The first-order valence-electron chi connectivity index (χ1n) is 8.69. The number of halogens is 1. The summed E-state index contributed by atoms with van der Waals surface area (Å²) < 4.78 is 18.7. The summed E-state index contributed by atoms with van der Waals surface area (Å²) in [6.45, 7) is 2.93. The molecule has 0 radical (unpaired) electrons. The first-order chi connectivity index (χ1) is 12.8. The highest BCUT2D eigenvalue weighted by molar-refractivity contribution is 6.05. The molecule has 0 saturated heterocycles. The zero-order valence-corrected chi connectivity index (χ0v) is 15.5. The summed E-state index contributed by atoms with van der Waals surface area (Å²) in [4.78, 5) is 28.6. The molecule has 1 N–H and O–H groups in total. The number of hydrogen-bond donors (Lipinski definition) is 1. The van der Waals surface area contributed by atoms with E-state index in [1.54, 1.807) is 30.0 Å². The molecular weight excluding hydrogens is 349 g/mol. The Hall–Kier alpha value is -2.93. The number of anilines is 2. The van der Waals surface area contributed by atoms with E-state index in [4.69, 9.17) is 4.74 Å². The van der Waals surface area contributed by atoms with Crippen LogP contribution in [0.2, 0.25) is 0 Å². The molecule has 7 heteroatoms. The molecule has 142 valence electrons. The molecule has 1 atom stereocenters. The summed E-state index contributed by atoms with van der Waals surface area (Å²) >= 11 is 0. The number of rotatable bonds is 5. The number of ether oxygens (including phenoxy) is 1. The number of likely N-dealkylation sites (N-methyl/N-ethyl adjacent to an activating group) is 1. The van der Waals surface area contributed by atoms with E-state index in [2.05, 4.69) is 5.32 Å². The van der Waals surface area contributed by atoms with Crippen LogP contribution in [0.15, 0.2) is 42.5 Å². The fraction of sp³-hybridized carbons (Fsp3) is 0.300. The minimum atomic E-state index is -0.556. The predicted octanol–water partition coefficient (Wildman–Crippen LogP) is 2.75. The van der Waals surface area contributed by atoms with Crippen LogP contribution < -0.4 is 15.0 Å². The van der Waals surface area contributed by atoms with E-state index in [9.17, 15) is 14.0 Å². The average Bonchev–Trinajstić information content (AvgIpc) is 2.63. The number of nitrogens with one attached hydrogen (secondary N) is 1. The van der Waals surface area contributed by atoms with E-state index in [0.717, 1.165) is 0 Å². The Labute approximate surface area is 157 Å². The van der Waals surface area contributed by atoms with E-state index in [-0.39, 0.29) is 11.8 Å². The van der Waals surface area contributed by atoms with E-state index in [1.165, 1.54) is 24.3 Å². The molecule has 0 spiro atoms. The van der Waals surface area contributed by atoms with Gasteiger partial charge >= 0.3 is 0 Å². The van der Waals surface area contributed by atoms with Crippen LogP contribution in [0.1, 0.15) is 17.3 Å². The second kappa shape index (κ2) is 7.75. The van der Waals surface area contributed by atoms with E-state index in [1.807, 2.05) is 19.0 Å². The maximum Gasteiger partial charge on any atom is 0.267 e. The standard InChI is InChI=1S/C20H22FN3O3/c1-13-20(26)24(11-10-23(2)3)17-12-16(8-9-18(17)27-13)22-19(25)14-4-6-15(21)7-5-14/h4-9,12-13H,10-11H2,1-3H3,(H,22,25). The fourth-order valence-corrected chi connectivity index (χ4v) is 2.82. The largest absolute Gasteiger partial charge is 0.479 e. The topological polar surface area (TPSA) is 61.9 Å². The smallest absolute Gasteiger partial charge is 0.267 e. The molecule has 0 fully saturated rings. The van der Waals surface area contributed by atoms with Crippen LogP contribution >= 0.6 is 0 Å². The number of hydrogen-bond acceptors (Lipinski definition) is 4. The maximum atomic E-state index is 13.0. The Morgan fingerprint density at radius 1 is 1.22 bits per heavy atom. The molecule has 0 aromatic heterocycles. The van der Waals surface area contributed by atoms with Crippen molar-refractivity contribution < 1.29 is 18.7 Å². The second-order valence-electron chi connectivity index (χ2n) is 6.70. The Morgan fingerprint density at radius 3 is 2.59 bits per heavy atom. The van der Waals surface area contributed by atoms with Gasteiger partial charge in [-0.15, -0.1) is 0 Å². The first kappa shape index (κ1) is 18.8. The van der Waals surface area contributed by atoms with E-state index in [0.29, 0.717) is 35.8 Å². The molecule has 1 aliphatic rings. The summed E-state index contributed by atoms with van der Waals surface area (Å²) in [5.74, 6) is -0.278. The van der Waals surface area contributed by atoms with Gasteiger partial charge in [0.2, 0.25) is 0 Å². The highest BCUT2D eigenvalue weighted by Gasteiger charge is 2.31. The number of amides is 2. The minimum Gasteiger partial charge on any atom is -0.479 e. The fourth-order valence-electron chi connectivity index (χ4n) is 2.82. The molecule has 27 heavy (non-hydrogen) atoms. The van der Waals surface area contributed by atoms with Crippen LogP contribution in [-0.2, 0) is 4.79 Å². The van der Waals surface area contributed by atoms with Gasteiger partial charge in [-0.3, -0.25) is 9.59 Å². The quantitative estimate of drug-likeness (QED) is 0.878. The van der Waals surface area contributed by atoms with Gasteiger partial charge in [0.1, 0.15) is 11.6 Å². The molecule has 0 bridgehead atoms. The third-order valence-electron chi connectivity index (χ3n) is 4.30. The Balaban J connectivity index is 1.84. The lowest BCUT2D eigenvalue weighted by Crippen LogP contribution is -2.46. The predicted molar refractivity (Wildman–Crippen MR) is 102 cm³/mol. The molecule has 1 unspecified atom stereocenters. The van der Waals surface area contributed by atoms with Crippen molar-refractivity contribution in [2.45, 2.75) is 13.0 Å². The molecule has 0 aliphatic carbocycles. The summed E-state index contributed by atoms with van der Waals surface area (Å²) in [5.41, 5.74) is 1.50. The van der Waals surface area contributed by atoms with Gasteiger partial charge in [0.25, 0.3) is 11.8 Å². The number of carbonyl (C=O) groups excluding carboxylic acids is 2. The van der Waals surface area contributed by atoms with E-state index >= 15 is 0 Å². The van der Waals surface area contributed by atoms with Crippen LogP contribution in [0.5, 0.6) is 5.75 Å². The van der Waals surface area contributed by atoms with Crippen molar-refractivity contribution in [1.82, 2.24) is 4.90 Å². The summed E-state index contributed by atoms with van der Waals surface area (Å²) in [5, 5.41) is 2.77. The lowest BCUT2D eigenvalue weighted by atomic mass is 10.1. The lowest BCUT2D eigenvalue weighted by Gasteiger charge is -2.34. The van der Waals surface area contributed by atoms with Gasteiger partial charge in [-0.2, -0.15) is 0 Å². The SMILES string of the molecule is CC1Oc2ccc(NC(=O)c3ccc(F)cc3)cc2N(CCN(C)C)C1=O. The molecule has 1 aliphatic heterocycles.